The van der Waals surface area contributed by atoms with Crippen molar-refractivity contribution in [2.45, 2.75) is 38.6 Å². The largest absolute Gasteiger partial charge is 0.486 e. The smallest absolute Gasteiger partial charge is 0.317 e. The minimum atomic E-state index is -0.211. The molecule has 0 saturated carbocycles. The molecule has 4 rings (SSSR count). The van der Waals surface area contributed by atoms with Gasteiger partial charge in [-0.05, 0) is 36.5 Å². The first-order valence-electron chi connectivity index (χ1n) is 10.3. The van der Waals surface area contributed by atoms with Crippen LogP contribution in [0.4, 0.5) is 4.79 Å². The zero-order valence-electron chi connectivity index (χ0n) is 17.1. The van der Waals surface area contributed by atoms with Crippen LogP contribution in [0, 0.1) is 5.92 Å². The Balaban J connectivity index is 1.27. The summed E-state index contributed by atoms with van der Waals surface area (Å²) >= 11 is 0. The Labute approximate surface area is 171 Å². The molecule has 0 radical (unpaired) electrons. The Bertz CT molecular complexity index is 829. The Morgan fingerprint density at radius 3 is 2.69 bits per heavy atom. The molecule has 8 nitrogen and oxygen atoms in total. The predicted molar refractivity (Wildman–Crippen MR) is 108 cm³/mol. The molecule has 1 fully saturated rings. The van der Waals surface area contributed by atoms with E-state index < -0.39 is 0 Å². The molecule has 29 heavy (non-hydrogen) atoms. The maximum atomic E-state index is 12.7. The van der Waals surface area contributed by atoms with E-state index in [4.69, 9.17) is 9.47 Å². The summed E-state index contributed by atoms with van der Waals surface area (Å²) in [5.41, 5.74) is 0.908. The molecular weight excluding hydrogens is 370 g/mol. The molecular formula is C21H29N5O3. The molecule has 1 saturated heterocycles. The van der Waals surface area contributed by atoms with Gasteiger partial charge in [-0.3, -0.25) is 4.68 Å². The van der Waals surface area contributed by atoms with Crippen molar-refractivity contribution in [1.82, 2.24) is 25.2 Å². The van der Waals surface area contributed by atoms with Crippen molar-refractivity contribution in [3.63, 3.8) is 0 Å². The number of amides is 2. The topological polar surface area (TPSA) is 81.5 Å². The number of fused-ring (bicyclic) bond motifs is 1. The molecule has 156 valence electrons. The van der Waals surface area contributed by atoms with Gasteiger partial charge in [0, 0.05) is 37.8 Å². The Morgan fingerprint density at radius 2 is 1.97 bits per heavy atom. The lowest BCUT2D eigenvalue weighted by molar-refractivity contribution is 0.162. The molecule has 1 aromatic heterocycles. The number of hydrogen-bond acceptors (Lipinski definition) is 5. The number of piperidine rings is 1. The van der Waals surface area contributed by atoms with Crippen LogP contribution < -0.4 is 14.8 Å². The average molecular weight is 399 g/mol. The molecule has 1 aromatic carbocycles. The fourth-order valence-electron chi connectivity index (χ4n) is 3.89. The van der Waals surface area contributed by atoms with Crippen molar-refractivity contribution in [1.29, 1.82) is 0 Å². The lowest BCUT2D eigenvalue weighted by Gasteiger charge is -2.33. The fourth-order valence-corrected chi connectivity index (χ4v) is 3.89. The molecule has 2 aliphatic rings. The molecule has 0 bridgehead atoms. The van der Waals surface area contributed by atoms with E-state index in [1.807, 2.05) is 27.9 Å². The minimum absolute atomic E-state index is 0.00910. The van der Waals surface area contributed by atoms with Gasteiger partial charge in [0.1, 0.15) is 13.2 Å². The lowest BCUT2D eigenvalue weighted by atomic mass is 9.84. The van der Waals surface area contributed by atoms with Crippen LogP contribution in [-0.4, -0.2) is 58.8 Å². The Morgan fingerprint density at radius 1 is 1.21 bits per heavy atom. The predicted octanol–water partition coefficient (Wildman–Crippen LogP) is 2.45. The van der Waals surface area contributed by atoms with Crippen LogP contribution in [-0.2, 0) is 12.0 Å². The van der Waals surface area contributed by atoms with Crippen LogP contribution in [0.5, 0.6) is 11.5 Å². The van der Waals surface area contributed by atoms with Crippen LogP contribution in [0.25, 0.3) is 0 Å². The van der Waals surface area contributed by atoms with Gasteiger partial charge in [-0.15, -0.1) is 5.10 Å². The summed E-state index contributed by atoms with van der Waals surface area (Å²) in [6.07, 6.45) is 5.56. The minimum Gasteiger partial charge on any atom is -0.486 e. The Hall–Kier alpha value is -2.77. The molecule has 8 heteroatoms. The van der Waals surface area contributed by atoms with Gasteiger partial charge in [-0.1, -0.05) is 25.1 Å². The molecule has 2 aliphatic heterocycles. The number of benzene rings is 1. The van der Waals surface area contributed by atoms with Crippen LogP contribution in [0.15, 0.2) is 30.6 Å². The molecule has 3 heterocycles. The summed E-state index contributed by atoms with van der Waals surface area (Å²) in [5, 5.41) is 11.0. The quantitative estimate of drug-likeness (QED) is 0.835. The summed E-state index contributed by atoms with van der Waals surface area (Å²) in [5.74, 6) is 2.10. The van der Waals surface area contributed by atoms with Crippen molar-refractivity contribution in [2.24, 2.45) is 5.92 Å². The third kappa shape index (κ3) is 4.63. The van der Waals surface area contributed by atoms with E-state index in [2.05, 4.69) is 35.5 Å². The van der Waals surface area contributed by atoms with Gasteiger partial charge < -0.3 is 19.7 Å². The SMILES string of the molecule is CC(C)(CNC(=O)N1CCC(Cn2ccnn2)CC1)c1ccc2c(c1)OCCO2. The highest BCUT2D eigenvalue weighted by molar-refractivity contribution is 5.74. The number of hydrogen-bond donors (Lipinski definition) is 1. The molecule has 2 amide bonds. The number of ether oxygens (including phenoxy) is 2. The van der Waals surface area contributed by atoms with Gasteiger partial charge in [0.15, 0.2) is 11.5 Å². The first-order chi connectivity index (χ1) is 14.0. The first kappa shape index (κ1) is 19.5. The second-order valence-corrected chi connectivity index (χ2v) is 8.46. The maximum absolute atomic E-state index is 12.7. The van der Waals surface area contributed by atoms with Gasteiger partial charge in [-0.2, -0.15) is 0 Å². The monoisotopic (exact) mass is 399 g/mol. The van der Waals surface area contributed by atoms with Crippen molar-refractivity contribution < 1.29 is 14.3 Å². The summed E-state index contributed by atoms with van der Waals surface area (Å²) < 4.78 is 13.2. The van der Waals surface area contributed by atoms with E-state index in [1.54, 1.807) is 6.20 Å². The summed E-state index contributed by atoms with van der Waals surface area (Å²) in [7, 11) is 0. The van der Waals surface area contributed by atoms with E-state index in [9.17, 15) is 4.79 Å². The standard InChI is InChI=1S/C21H29N5O3/c1-21(2,17-3-4-18-19(13-17)29-12-11-28-18)15-22-20(27)25-8-5-16(6-9-25)14-26-10-7-23-24-26/h3-4,7,10,13,16H,5-6,8-9,11-12,14-15H2,1-2H3,(H,22,27). The molecule has 0 aliphatic carbocycles. The van der Waals surface area contributed by atoms with Crippen LogP contribution >= 0.6 is 0 Å². The van der Waals surface area contributed by atoms with Gasteiger partial charge >= 0.3 is 6.03 Å². The van der Waals surface area contributed by atoms with Gasteiger partial charge in [0.25, 0.3) is 0 Å². The molecule has 0 atom stereocenters. The van der Waals surface area contributed by atoms with E-state index in [0.717, 1.165) is 49.5 Å². The van der Waals surface area contributed by atoms with E-state index >= 15 is 0 Å². The van der Waals surface area contributed by atoms with Crippen molar-refractivity contribution >= 4 is 6.03 Å². The maximum Gasteiger partial charge on any atom is 0.317 e. The molecule has 0 spiro atoms. The third-order valence-corrected chi connectivity index (χ3v) is 5.82. The fraction of sp³-hybridized carbons (Fsp3) is 0.571. The third-order valence-electron chi connectivity index (χ3n) is 5.82. The number of aromatic nitrogens is 3. The normalized spacial score (nSPS) is 17.2. The summed E-state index contributed by atoms with van der Waals surface area (Å²) in [6.45, 7) is 8.39. The first-order valence-corrected chi connectivity index (χ1v) is 10.3. The second kappa shape index (κ2) is 8.31. The lowest BCUT2D eigenvalue weighted by Crippen LogP contribution is -2.47. The number of rotatable bonds is 5. The average Bonchev–Trinajstić information content (AvgIpc) is 3.25. The highest BCUT2D eigenvalue weighted by Gasteiger charge is 2.27. The van der Waals surface area contributed by atoms with E-state index in [-0.39, 0.29) is 11.4 Å². The number of urea groups is 1. The van der Waals surface area contributed by atoms with Crippen molar-refractivity contribution in [2.75, 3.05) is 32.8 Å². The number of nitrogens with zero attached hydrogens (tertiary/aromatic N) is 4. The Kier molecular flexibility index (Phi) is 5.60. The van der Waals surface area contributed by atoms with Crippen LogP contribution in [0.3, 0.4) is 0 Å². The number of carbonyl (C=O) groups excluding carboxylic acids is 1. The van der Waals surface area contributed by atoms with Crippen LogP contribution in [0.2, 0.25) is 0 Å². The molecule has 1 N–H and O–H groups in total. The number of nitrogens with one attached hydrogen (secondary N) is 1. The van der Waals surface area contributed by atoms with Crippen LogP contribution in [0.1, 0.15) is 32.3 Å². The molecule has 2 aromatic rings. The highest BCUT2D eigenvalue weighted by Crippen LogP contribution is 2.35. The molecule has 0 unspecified atom stereocenters. The zero-order valence-corrected chi connectivity index (χ0v) is 17.1. The zero-order chi connectivity index (χ0) is 20.3. The van der Waals surface area contributed by atoms with Crippen molar-refractivity contribution in [3.8, 4) is 11.5 Å². The van der Waals surface area contributed by atoms with Gasteiger partial charge in [-0.25, -0.2) is 4.79 Å². The second-order valence-electron chi connectivity index (χ2n) is 8.46. The van der Waals surface area contributed by atoms with Gasteiger partial charge in [0.05, 0.1) is 6.20 Å². The highest BCUT2D eigenvalue weighted by atomic mass is 16.6. The van der Waals surface area contributed by atoms with Crippen molar-refractivity contribution in [3.05, 3.63) is 36.2 Å². The summed E-state index contributed by atoms with van der Waals surface area (Å²) in [6, 6.07) is 6.04. The number of carbonyl (C=O) groups is 1. The summed E-state index contributed by atoms with van der Waals surface area (Å²) in [4.78, 5) is 14.6. The number of likely N-dealkylation sites (tertiary alicyclic amines) is 1. The van der Waals surface area contributed by atoms with Gasteiger partial charge in [0.2, 0.25) is 0 Å². The van der Waals surface area contributed by atoms with E-state index in [0.29, 0.717) is 25.7 Å². The van der Waals surface area contributed by atoms with E-state index in [1.165, 1.54) is 0 Å².